The number of benzene rings is 1. The fourth-order valence-electron chi connectivity index (χ4n) is 1.53. The van der Waals surface area contributed by atoms with E-state index < -0.39 is 0 Å². The van der Waals surface area contributed by atoms with Crippen LogP contribution in [0.1, 0.15) is 16.8 Å². The van der Waals surface area contributed by atoms with E-state index in [9.17, 15) is 0 Å². The molecule has 2 aromatic rings. The van der Waals surface area contributed by atoms with Gasteiger partial charge in [-0.3, -0.25) is 0 Å². The lowest BCUT2D eigenvalue weighted by molar-refractivity contribution is 0.281. The van der Waals surface area contributed by atoms with E-state index in [-0.39, 0.29) is 6.61 Å². The summed E-state index contributed by atoms with van der Waals surface area (Å²) in [5.41, 5.74) is 2.21. The van der Waals surface area contributed by atoms with Crippen LogP contribution in [0.25, 0.3) is 0 Å². The first-order valence-corrected chi connectivity index (χ1v) is 5.47. The molecule has 0 saturated heterocycles. The number of aliphatic hydroxyl groups is 1. The van der Waals surface area contributed by atoms with E-state index >= 15 is 0 Å². The predicted octanol–water partition coefficient (Wildman–Crippen LogP) is 1.45. The molecule has 5 nitrogen and oxygen atoms in total. The third-order valence-electron chi connectivity index (χ3n) is 2.39. The molecule has 2 N–H and O–H groups in total. The molecule has 2 rings (SSSR count). The van der Waals surface area contributed by atoms with Crippen molar-refractivity contribution in [2.45, 2.75) is 13.2 Å². The maximum Gasteiger partial charge on any atom is 0.224 e. The number of nitrogens with one attached hydrogen (secondary N) is 1. The zero-order valence-corrected chi connectivity index (χ0v) is 9.67. The van der Waals surface area contributed by atoms with Crippen LogP contribution in [0.5, 0.6) is 0 Å². The van der Waals surface area contributed by atoms with Crippen LogP contribution in [0.2, 0.25) is 0 Å². The van der Waals surface area contributed by atoms with E-state index in [0.717, 1.165) is 11.1 Å². The Morgan fingerprint density at radius 3 is 2.89 bits per heavy atom. The summed E-state index contributed by atoms with van der Waals surface area (Å²) in [5, 5.41) is 20.8. The molecule has 0 amide bonds. The van der Waals surface area contributed by atoms with Crippen LogP contribution in [0, 0.1) is 11.3 Å². The molecule has 0 aliphatic rings. The first-order chi connectivity index (χ1) is 8.81. The molecule has 0 spiro atoms. The molecule has 1 aromatic heterocycles. The summed E-state index contributed by atoms with van der Waals surface area (Å²) >= 11 is 0. The van der Waals surface area contributed by atoms with Gasteiger partial charge in [-0.05, 0) is 17.2 Å². The second-order valence-corrected chi connectivity index (χ2v) is 3.71. The molecule has 0 radical (unpaired) electrons. The molecule has 5 heteroatoms. The molecular formula is C13H12N4O. The topological polar surface area (TPSA) is 81.8 Å². The fraction of sp³-hybridized carbons (Fsp3) is 0.154. The van der Waals surface area contributed by atoms with Crippen LogP contribution in [0.15, 0.2) is 36.5 Å². The molecule has 1 heterocycles. The number of nitriles is 1. The van der Waals surface area contributed by atoms with Crippen molar-refractivity contribution in [1.29, 1.82) is 5.26 Å². The van der Waals surface area contributed by atoms with Crippen molar-refractivity contribution < 1.29 is 5.11 Å². The third kappa shape index (κ3) is 3.03. The summed E-state index contributed by atoms with van der Waals surface area (Å²) in [6, 6.07) is 11.1. The Labute approximate surface area is 105 Å². The normalized spacial score (nSPS) is 9.78. The Bertz CT molecular complexity index is 577. The van der Waals surface area contributed by atoms with Gasteiger partial charge in [0.2, 0.25) is 5.95 Å². The highest BCUT2D eigenvalue weighted by atomic mass is 16.3. The molecule has 0 atom stereocenters. The molecule has 0 unspecified atom stereocenters. The number of hydrogen-bond acceptors (Lipinski definition) is 5. The Morgan fingerprint density at radius 2 is 2.11 bits per heavy atom. The van der Waals surface area contributed by atoms with Gasteiger partial charge < -0.3 is 10.4 Å². The fourth-order valence-corrected chi connectivity index (χ4v) is 1.53. The number of aromatic nitrogens is 2. The van der Waals surface area contributed by atoms with Gasteiger partial charge in [0.05, 0.1) is 6.61 Å². The largest absolute Gasteiger partial charge is 0.392 e. The van der Waals surface area contributed by atoms with E-state index in [2.05, 4.69) is 15.3 Å². The van der Waals surface area contributed by atoms with Crippen molar-refractivity contribution in [2.75, 3.05) is 5.32 Å². The molecule has 0 saturated carbocycles. The molecular weight excluding hydrogens is 228 g/mol. The molecule has 0 bridgehead atoms. The first kappa shape index (κ1) is 12.0. The second kappa shape index (κ2) is 5.75. The summed E-state index contributed by atoms with van der Waals surface area (Å²) in [6.07, 6.45) is 1.54. The smallest absolute Gasteiger partial charge is 0.224 e. The van der Waals surface area contributed by atoms with Gasteiger partial charge in [0.1, 0.15) is 11.8 Å². The molecule has 1 aromatic carbocycles. The van der Waals surface area contributed by atoms with Gasteiger partial charge >= 0.3 is 0 Å². The minimum absolute atomic E-state index is 0.0221. The van der Waals surface area contributed by atoms with Crippen LogP contribution in [-0.4, -0.2) is 15.1 Å². The van der Waals surface area contributed by atoms with E-state index in [1.54, 1.807) is 6.07 Å². The van der Waals surface area contributed by atoms with Crippen LogP contribution in [0.3, 0.4) is 0 Å². The summed E-state index contributed by atoms with van der Waals surface area (Å²) in [6.45, 7) is 0.566. The Morgan fingerprint density at radius 1 is 1.28 bits per heavy atom. The summed E-state index contributed by atoms with van der Waals surface area (Å²) < 4.78 is 0. The average molecular weight is 240 g/mol. The van der Waals surface area contributed by atoms with E-state index in [1.807, 2.05) is 30.3 Å². The number of nitrogens with zero attached hydrogens (tertiary/aromatic N) is 3. The van der Waals surface area contributed by atoms with Gasteiger partial charge in [-0.1, -0.05) is 24.3 Å². The lowest BCUT2D eigenvalue weighted by Crippen LogP contribution is -2.04. The third-order valence-corrected chi connectivity index (χ3v) is 2.39. The van der Waals surface area contributed by atoms with Crippen LogP contribution >= 0.6 is 0 Å². The van der Waals surface area contributed by atoms with Gasteiger partial charge in [-0.25, -0.2) is 9.97 Å². The summed E-state index contributed by atoms with van der Waals surface area (Å²) in [5.74, 6) is 0.420. The van der Waals surface area contributed by atoms with Gasteiger partial charge in [-0.15, -0.1) is 0 Å². The van der Waals surface area contributed by atoms with Crippen molar-refractivity contribution in [3.05, 3.63) is 53.3 Å². The van der Waals surface area contributed by atoms with Crippen molar-refractivity contribution in [2.24, 2.45) is 0 Å². The standard InChI is InChI=1S/C13H12N4O/c14-7-12-4-5-15-13(17-12)16-8-10-2-1-3-11(6-10)9-18/h1-6,18H,8-9H2,(H,15,16,17). The minimum Gasteiger partial charge on any atom is -0.392 e. The monoisotopic (exact) mass is 240 g/mol. The Balaban J connectivity index is 2.04. The minimum atomic E-state index is 0.0221. The van der Waals surface area contributed by atoms with E-state index in [0.29, 0.717) is 18.2 Å². The van der Waals surface area contributed by atoms with Gasteiger partial charge in [0, 0.05) is 12.7 Å². The highest BCUT2D eigenvalue weighted by molar-refractivity contribution is 5.32. The van der Waals surface area contributed by atoms with E-state index in [4.69, 9.17) is 10.4 Å². The first-order valence-electron chi connectivity index (χ1n) is 5.47. The number of aliphatic hydroxyl groups excluding tert-OH is 1. The highest BCUT2D eigenvalue weighted by Crippen LogP contribution is 2.07. The number of anilines is 1. The molecule has 18 heavy (non-hydrogen) atoms. The van der Waals surface area contributed by atoms with Crippen molar-refractivity contribution in [3.8, 4) is 6.07 Å². The summed E-state index contributed by atoms with van der Waals surface area (Å²) in [7, 11) is 0. The van der Waals surface area contributed by atoms with Crippen LogP contribution in [-0.2, 0) is 13.2 Å². The quantitative estimate of drug-likeness (QED) is 0.845. The predicted molar refractivity (Wildman–Crippen MR) is 66.4 cm³/mol. The van der Waals surface area contributed by atoms with Crippen molar-refractivity contribution in [3.63, 3.8) is 0 Å². The molecule has 0 aliphatic heterocycles. The average Bonchev–Trinajstić information content (AvgIpc) is 2.45. The van der Waals surface area contributed by atoms with Crippen LogP contribution < -0.4 is 5.32 Å². The number of hydrogen-bond donors (Lipinski definition) is 2. The lowest BCUT2D eigenvalue weighted by atomic mass is 10.1. The second-order valence-electron chi connectivity index (χ2n) is 3.71. The van der Waals surface area contributed by atoms with Gasteiger partial charge in [-0.2, -0.15) is 5.26 Å². The lowest BCUT2D eigenvalue weighted by Gasteiger charge is -2.06. The SMILES string of the molecule is N#Cc1ccnc(NCc2cccc(CO)c2)n1. The van der Waals surface area contributed by atoms with Gasteiger partial charge in [0.25, 0.3) is 0 Å². The van der Waals surface area contributed by atoms with Crippen molar-refractivity contribution in [1.82, 2.24) is 9.97 Å². The molecule has 0 aliphatic carbocycles. The highest BCUT2D eigenvalue weighted by Gasteiger charge is 1.99. The Kier molecular flexibility index (Phi) is 3.84. The number of rotatable bonds is 4. The Hall–Kier alpha value is -2.45. The van der Waals surface area contributed by atoms with Crippen molar-refractivity contribution >= 4 is 5.95 Å². The van der Waals surface area contributed by atoms with Gasteiger partial charge in [0.15, 0.2) is 0 Å². The molecule has 90 valence electrons. The van der Waals surface area contributed by atoms with E-state index in [1.165, 1.54) is 6.20 Å². The van der Waals surface area contributed by atoms with Crippen LogP contribution in [0.4, 0.5) is 5.95 Å². The summed E-state index contributed by atoms with van der Waals surface area (Å²) in [4.78, 5) is 8.04. The maximum absolute atomic E-state index is 9.03. The zero-order valence-electron chi connectivity index (χ0n) is 9.67. The molecule has 0 fully saturated rings. The maximum atomic E-state index is 9.03. The zero-order chi connectivity index (χ0) is 12.8.